The van der Waals surface area contributed by atoms with Gasteiger partial charge in [0, 0.05) is 22.8 Å². The van der Waals surface area contributed by atoms with Crippen LogP contribution in [0, 0.1) is 9.93 Å². The van der Waals surface area contributed by atoms with E-state index in [1.54, 1.807) is 13.0 Å². The molecule has 0 bridgehead atoms. The Hall–Kier alpha value is -5.01. The van der Waals surface area contributed by atoms with E-state index in [0.29, 0.717) is 17.8 Å². The van der Waals surface area contributed by atoms with Crippen molar-refractivity contribution in [1.29, 1.82) is 0 Å². The second-order valence-electron chi connectivity index (χ2n) is 6.14. The molecule has 0 radical (unpaired) electrons. The molecule has 3 aromatic heterocycles. The van der Waals surface area contributed by atoms with E-state index in [4.69, 9.17) is 38.8 Å². The number of hydrogen-bond donors (Lipinski definition) is 3. The number of carbonyl (C=O) groups excluding carboxylic acids is 2. The minimum atomic E-state index is -1.28. The van der Waals surface area contributed by atoms with E-state index in [0.717, 1.165) is 24.3 Å². The van der Waals surface area contributed by atoms with Gasteiger partial charge in [-0.15, -0.1) is 0 Å². The molecule has 0 aliphatic rings. The molecule has 0 fully saturated rings. The summed E-state index contributed by atoms with van der Waals surface area (Å²) < 4.78 is 19.0. The Morgan fingerprint density at radius 3 is 1.56 bits per heavy atom. The van der Waals surface area contributed by atoms with Gasteiger partial charge in [0.2, 0.25) is 17.3 Å². The molecule has 0 amide bonds. The number of aldehydes is 1. The number of carbonyl (C=O) groups is 5. The summed E-state index contributed by atoms with van der Waals surface area (Å²) in [5.41, 5.74) is 0. The largest absolute Gasteiger partial charge is 0.475 e. The van der Waals surface area contributed by atoms with E-state index in [1.807, 2.05) is 13.0 Å². The van der Waals surface area contributed by atoms with E-state index in [9.17, 15) is 24.0 Å². The van der Waals surface area contributed by atoms with Crippen molar-refractivity contribution in [1.82, 2.24) is 0 Å². The fraction of sp³-hybridized carbons (Fsp3) is 0.227. The van der Waals surface area contributed by atoms with Crippen LogP contribution in [0.4, 0.5) is 0 Å². The lowest BCUT2D eigenvalue weighted by Gasteiger charge is -1.98. The van der Waals surface area contributed by atoms with Gasteiger partial charge < -0.3 is 33.3 Å². The van der Waals surface area contributed by atoms with Crippen molar-refractivity contribution < 1.29 is 57.3 Å². The molecule has 3 aromatic rings. The minimum absolute atomic E-state index is 0.0278. The molecule has 3 rings (SSSR count). The third-order valence-electron chi connectivity index (χ3n) is 3.71. The number of rotatable bonds is 8. The number of aryl methyl sites for hydroxylation is 1. The molecule has 0 unspecified atom stereocenters. The normalized spacial score (nSPS) is 9.17. The maximum absolute atomic E-state index is 10.7. The molecule has 0 aliphatic carbocycles. The average molecular weight is 510 g/mol. The van der Waals surface area contributed by atoms with E-state index in [2.05, 4.69) is 4.42 Å². The first-order valence-electron chi connectivity index (χ1n) is 9.85. The van der Waals surface area contributed by atoms with Gasteiger partial charge in [-0.25, -0.2) is 14.4 Å². The molecule has 3 heterocycles. The zero-order valence-corrected chi connectivity index (χ0v) is 19.0. The first-order valence-corrected chi connectivity index (χ1v) is 9.85. The zero-order valence-electron chi connectivity index (χ0n) is 19.0. The van der Waals surface area contributed by atoms with Crippen LogP contribution in [0.25, 0.3) is 0 Å². The number of carboxylic acids is 3. The first kappa shape index (κ1) is 31.0. The molecule has 0 aliphatic heterocycles. The van der Waals surface area contributed by atoms with Crippen LogP contribution >= 0.6 is 0 Å². The van der Waals surface area contributed by atoms with Gasteiger partial charge in [-0.3, -0.25) is 9.59 Å². The number of ether oxygens (including phenoxy) is 1. The Morgan fingerprint density at radius 1 is 0.750 bits per heavy atom. The van der Waals surface area contributed by atoms with Gasteiger partial charge in [-0.1, -0.05) is 13.8 Å². The molecular formula is C22H22O14. The number of esters is 1. The van der Waals surface area contributed by atoms with Crippen LogP contribution in [-0.2, 0) is 22.6 Å². The van der Waals surface area contributed by atoms with Crippen LogP contribution in [0.5, 0.6) is 0 Å². The second-order valence-corrected chi connectivity index (χ2v) is 6.14. The smallest absolute Gasteiger partial charge is 0.371 e. The van der Waals surface area contributed by atoms with Gasteiger partial charge >= 0.3 is 23.9 Å². The Balaban J connectivity index is 0.000000504. The van der Waals surface area contributed by atoms with Gasteiger partial charge in [-0.2, -0.15) is 0 Å². The van der Waals surface area contributed by atoms with Crippen molar-refractivity contribution >= 4 is 30.2 Å². The third kappa shape index (κ3) is 11.2. The zero-order chi connectivity index (χ0) is 27.7. The minimum Gasteiger partial charge on any atom is -0.475 e. The molecule has 0 saturated carbocycles. The van der Waals surface area contributed by atoms with Gasteiger partial charge in [0.15, 0.2) is 12.0 Å². The second kappa shape index (κ2) is 16.6. The van der Waals surface area contributed by atoms with Gasteiger partial charge in [0.1, 0.15) is 18.1 Å². The lowest BCUT2D eigenvalue weighted by atomic mass is 10.4. The predicted molar refractivity (Wildman–Crippen MR) is 119 cm³/mol. The standard InChI is InChI=1S/C9H10O5.C7H8O2.C6H4O5.O2/c1-2-8(10)13-5-6-3-4-7(14-6)9(11)12;1-2-6-3-4-7(5-8)9-6;7-5(8)3-1-2-4(11-3)6(9)10;1-2/h3-4H,2,5H2,1H3,(H,11,12);3-5H,2H2,1H3;1-2H,(H,7,8)(H,9,10);. The van der Waals surface area contributed by atoms with E-state index < -0.39 is 17.9 Å². The highest BCUT2D eigenvalue weighted by Gasteiger charge is 2.13. The summed E-state index contributed by atoms with van der Waals surface area (Å²) in [6, 6.07) is 8.44. The Morgan fingerprint density at radius 2 is 1.22 bits per heavy atom. The summed E-state index contributed by atoms with van der Waals surface area (Å²) in [5.74, 6) is -3.36. The van der Waals surface area contributed by atoms with Crippen LogP contribution < -0.4 is 0 Å². The van der Waals surface area contributed by atoms with Gasteiger partial charge in [0.05, 0.1) is 0 Å². The summed E-state index contributed by atoms with van der Waals surface area (Å²) in [6.07, 6.45) is 1.83. The highest BCUT2D eigenvalue weighted by molar-refractivity contribution is 5.89. The van der Waals surface area contributed by atoms with E-state index in [1.165, 1.54) is 12.1 Å². The van der Waals surface area contributed by atoms with Crippen molar-refractivity contribution in [3.05, 3.63) is 80.9 Å². The fourth-order valence-corrected chi connectivity index (χ4v) is 2.04. The number of furan rings is 3. The molecular weight excluding hydrogens is 488 g/mol. The van der Waals surface area contributed by atoms with E-state index in [-0.39, 0.29) is 36.3 Å². The van der Waals surface area contributed by atoms with Gasteiger partial charge in [-0.05, 0) is 36.4 Å². The lowest BCUT2D eigenvalue weighted by molar-refractivity contribution is -0.145. The predicted octanol–water partition coefficient (Wildman–Crippen LogP) is 3.83. The lowest BCUT2D eigenvalue weighted by Crippen LogP contribution is -2.01. The quantitative estimate of drug-likeness (QED) is 0.289. The number of carboxylic acid groups (broad SMARTS) is 3. The Labute approximate surface area is 202 Å². The van der Waals surface area contributed by atoms with Crippen LogP contribution in [0.2, 0.25) is 0 Å². The molecule has 194 valence electrons. The van der Waals surface area contributed by atoms with E-state index >= 15 is 0 Å². The molecule has 14 heteroatoms. The fourth-order valence-electron chi connectivity index (χ4n) is 2.04. The van der Waals surface area contributed by atoms with Crippen LogP contribution in [-0.4, -0.2) is 45.5 Å². The summed E-state index contributed by atoms with van der Waals surface area (Å²) in [6.45, 7) is 3.63. The van der Waals surface area contributed by atoms with Crippen molar-refractivity contribution in [2.45, 2.75) is 33.3 Å². The molecule has 0 saturated heterocycles. The van der Waals surface area contributed by atoms with Crippen molar-refractivity contribution in [3.63, 3.8) is 0 Å². The first-order chi connectivity index (χ1) is 17.1. The molecule has 14 nitrogen and oxygen atoms in total. The van der Waals surface area contributed by atoms with Crippen molar-refractivity contribution in [2.75, 3.05) is 0 Å². The van der Waals surface area contributed by atoms with Crippen LogP contribution in [0.1, 0.15) is 74.0 Å². The molecule has 0 aromatic carbocycles. The van der Waals surface area contributed by atoms with Crippen molar-refractivity contribution in [3.8, 4) is 0 Å². The SMILES string of the molecule is CCC(=O)OCc1ccc(C(=O)O)o1.CCc1ccc(C=O)o1.O=C(O)c1ccc(C(=O)O)o1.O=O. The van der Waals surface area contributed by atoms with Crippen LogP contribution in [0.3, 0.4) is 0 Å². The summed E-state index contributed by atoms with van der Waals surface area (Å²) in [4.78, 5) is 65.5. The Kier molecular flexibility index (Phi) is 14.3. The molecule has 0 spiro atoms. The number of hydrogen-bond acceptors (Lipinski definition) is 11. The van der Waals surface area contributed by atoms with Gasteiger partial charge in [0.25, 0.3) is 0 Å². The average Bonchev–Trinajstić information content (AvgIpc) is 3.64. The van der Waals surface area contributed by atoms with Crippen molar-refractivity contribution in [2.24, 2.45) is 0 Å². The topological polar surface area (TPSA) is 229 Å². The molecule has 36 heavy (non-hydrogen) atoms. The summed E-state index contributed by atoms with van der Waals surface area (Å²) in [7, 11) is 0. The highest BCUT2D eigenvalue weighted by Crippen LogP contribution is 2.09. The third-order valence-corrected chi connectivity index (χ3v) is 3.71. The summed E-state index contributed by atoms with van der Waals surface area (Å²) in [5, 5.41) is 25.1. The van der Waals surface area contributed by atoms with Crippen LogP contribution in [0.15, 0.2) is 49.6 Å². The maximum Gasteiger partial charge on any atom is 0.371 e. The highest BCUT2D eigenvalue weighted by atomic mass is 16.7. The maximum atomic E-state index is 10.7. The molecule has 3 N–H and O–H groups in total. The summed E-state index contributed by atoms with van der Waals surface area (Å²) >= 11 is 0. The molecule has 0 atom stereocenters. The monoisotopic (exact) mass is 510 g/mol. The Bertz CT molecular complexity index is 1100. The number of aromatic carboxylic acids is 3.